The maximum Gasteiger partial charge on any atom is 0.222 e. The van der Waals surface area contributed by atoms with Crippen LogP contribution >= 0.6 is 0 Å². The number of nitrogens with zero attached hydrogens (tertiary/aromatic N) is 4. The molecule has 24 heavy (non-hydrogen) atoms. The van der Waals surface area contributed by atoms with Gasteiger partial charge in [-0.2, -0.15) is 0 Å². The van der Waals surface area contributed by atoms with Gasteiger partial charge >= 0.3 is 0 Å². The normalized spacial score (nSPS) is 21.4. The number of hydrogen-bond acceptors (Lipinski definition) is 5. The molecule has 3 heterocycles. The van der Waals surface area contributed by atoms with Crippen LogP contribution in [0.25, 0.3) is 0 Å². The molecule has 6 heteroatoms. The molecule has 6 nitrogen and oxygen atoms in total. The number of ether oxygens (including phenoxy) is 1. The highest BCUT2D eigenvalue weighted by Gasteiger charge is 2.40. The van der Waals surface area contributed by atoms with Crippen LogP contribution in [0, 0.1) is 5.41 Å². The van der Waals surface area contributed by atoms with E-state index in [1.807, 2.05) is 6.07 Å². The molecule has 0 atom stereocenters. The number of carbonyl (C=O) groups excluding carboxylic acids is 1. The van der Waals surface area contributed by atoms with E-state index in [0.29, 0.717) is 17.7 Å². The zero-order valence-corrected chi connectivity index (χ0v) is 14.6. The molecule has 0 aromatic carbocycles. The van der Waals surface area contributed by atoms with Crippen LogP contribution in [0.5, 0.6) is 0 Å². The largest absolute Gasteiger partial charge is 0.385 e. The van der Waals surface area contributed by atoms with Gasteiger partial charge in [0.05, 0.1) is 6.54 Å². The number of aromatic nitrogens is 2. The molecule has 1 aromatic heterocycles. The Morgan fingerprint density at radius 1 is 1.21 bits per heavy atom. The lowest BCUT2D eigenvalue weighted by Gasteiger charge is -2.47. The van der Waals surface area contributed by atoms with E-state index in [-0.39, 0.29) is 0 Å². The fourth-order valence-electron chi connectivity index (χ4n) is 3.91. The van der Waals surface area contributed by atoms with Crippen molar-refractivity contribution in [1.82, 2.24) is 19.8 Å². The van der Waals surface area contributed by atoms with Crippen molar-refractivity contribution in [3.63, 3.8) is 0 Å². The zero-order chi connectivity index (χ0) is 16.8. The predicted molar refractivity (Wildman–Crippen MR) is 91.3 cm³/mol. The van der Waals surface area contributed by atoms with Gasteiger partial charge < -0.3 is 9.64 Å². The summed E-state index contributed by atoms with van der Waals surface area (Å²) < 4.78 is 5.12. The number of rotatable bonds is 6. The lowest BCUT2D eigenvalue weighted by atomic mass is 9.72. The molecule has 2 fully saturated rings. The van der Waals surface area contributed by atoms with Crippen LogP contribution in [-0.2, 0) is 16.1 Å². The second-order valence-corrected chi connectivity index (χ2v) is 7.10. The Bertz CT molecular complexity index is 529. The third-order valence-electron chi connectivity index (χ3n) is 5.43. The van der Waals surface area contributed by atoms with Gasteiger partial charge in [-0.05, 0) is 50.3 Å². The number of hydrogen-bond donors (Lipinski definition) is 0. The van der Waals surface area contributed by atoms with E-state index in [4.69, 9.17) is 4.74 Å². The minimum absolute atomic E-state index is 0.315. The lowest BCUT2D eigenvalue weighted by Crippen LogP contribution is -2.51. The zero-order valence-electron chi connectivity index (χ0n) is 14.6. The molecule has 2 aliphatic heterocycles. The van der Waals surface area contributed by atoms with Gasteiger partial charge in [-0.15, -0.1) is 0 Å². The van der Waals surface area contributed by atoms with Gasteiger partial charge in [0.2, 0.25) is 5.91 Å². The number of likely N-dealkylation sites (tertiary alicyclic amines) is 2. The molecule has 0 unspecified atom stereocenters. The van der Waals surface area contributed by atoms with E-state index in [2.05, 4.69) is 19.8 Å². The van der Waals surface area contributed by atoms with E-state index < -0.39 is 0 Å². The number of amides is 1. The minimum atomic E-state index is 0.315. The van der Waals surface area contributed by atoms with E-state index in [1.54, 1.807) is 19.5 Å². The lowest BCUT2D eigenvalue weighted by molar-refractivity contribution is -0.139. The van der Waals surface area contributed by atoms with Crippen molar-refractivity contribution in [3.05, 3.63) is 24.3 Å². The third-order valence-corrected chi connectivity index (χ3v) is 5.43. The molecule has 0 N–H and O–H groups in total. The number of carbonyl (C=O) groups is 1. The minimum Gasteiger partial charge on any atom is -0.385 e. The molecule has 1 aromatic rings. The molecule has 0 aliphatic carbocycles. The predicted octanol–water partition coefficient (Wildman–Crippen LogP) is 1.72. The molecule has 1 amide bonds. The first-order valence-electron chi connectivity index (χ1n) is 8.96. The van der Waals surface area contributed by atoms with Crippen LogP contribution in [0.3, 0.4) is 0 Å². The molecule has 132 valence electrons. The fraction of sp³-hybridized carbons (Fsp3) is 0.722. The van der Waals surface area contributed by atoms with Crippen molar-refractivity contribution in [1.29, 1.82) is 0 Å². The van der Waals surface area contributed by atoms with Crippen LogP contribution in [0.4, 0.5) is 0 Å². The van der Waals surface area contributed by atoms with Gasteiger partial charge in [0, 0.05) is 45.6 Å². The number of methoxy groups -OCH3 is 1. The van der Waals surface area contributed by atoms with Crippen LogP contribution < -0.4 is 0 Å². The van der Waals surface area contributed by atoms with Gasteiger partial charge in [0.1, 0.15) is 5.82 Å². The Morgan fingerprint density at radius 3 is 2.67 bits per heavy atom. The highest BCUT2D eigenvalue weighted by Crippen LogP contribution is 2.40. The highest BCUT2D eigenvalue weighted by molar-refractivity contribution is 5.77. The average molecular weight is 332 g/mol. The van der Waals surface area contributed by atoms with Gasteiger partial charge in [-0.25, -0.2) is 9.97 Å². The van der Waals surface area contributed by atoms with E-state index in [0.717, 1.165) is 70.8 Å². The van der Waals surface area contributed by atoms with Gasteiger partial charge in [0.25, 0.3) is 0 Å². The first kappa shape index (κ1) is 17.3. The van der Waals surface area contributed by atoms with Crippen LogP contribution in [0.1, 0.15) is 37.9 Å². The van der Waals surface area contributed by atoms with E-state index in [9.17, 15) is 4.79 Å². The molecule has 3 rings (SSSR count). The maximum absolute atomic E-state index is 12.2. The molecule has 0 bridgehead atoms. The van der Waals surface area contributed by atoms with E-state index >= 15 is 0 Å². The SMILES string of the molecule is COCCCN1CC2(CCC1=O)CCN(Cc1ncccn1)CC2. The summed E-state index contributed by atoms with van der Waals surface area (Å²) >= 11 is 0. The summed E-state index contributed by atoms with van der Waals surface area (Å²) in [6, 6.07) is 1.85. The van der Waals surface area contributed by atoms with Crippen molar-refractivity contribution in [2.24, 2.45) is 5.41 Å². The molecular formula is C18H28N4O2. The van der Waals surface area contributed by atoms with Crippen LogP contribution in [-0.4, -0.2) is 65.6 Å². The second-order valence-electron chi connectivity index (χ2n) is 7.10. The third kappa shape index (κ3) is 4.30. The summed E-state index contributed by atoms with van der Waals surface area (Å²) in [7, 11) is 1.71. The molecule has 2 aliphatic rings. The fourth-order valence-corrected chi connectivity index (χ4v) is 3.91. The molecule has 2 saturated heterocycles. The van der Waals surface area contributed by atoms with Gasteiger partial charge in [0.15, 0.2) is 0 Å². The van der Waals surface area contributed by atoms with E-state index in [1.165, 1.54) is 0 Å². The average Bonchev–Trinajstić information content (AvgIpc) is 2.61. The molecule has 0 saturated carbocycles. The standard InChI is InChI=1S/C18H28N4O2/c1-24-13-3-10-22-15-18(5-4-17(22)23)6-11-21(12-7-18)14-16-19-8-2-9-20-16/h2,8-9H,3-7,10-15H2,1H3. The second kappa shape index (κ2) is 8.03. The van der Waals surface area contributed by atoms with Crippen molar-refractivity contribution < 1.29 is 9.53 Å². The maximum atomic E-state index is 12.2. The smallest absolute Gasteiger partial charge is 0.222 e. The Kier molecular flexibility index (Phi) is 5.79. The van der Waals surface area contributed by atoms with Crippen molar-refractivity contribution >= 4 is 5.91 Å². The van der Waals surface area contributed by atoms with Crippen molar-refractivity contribution in [3.8, 4) is 0 Å². The molecule has 0 radical (unpaired) electrons. The van der Waals surface area contributed by atoms with Gasteiger partial charge in [-0.3, -0.25) is 9.69 Å². The Labute approximate surface area is 144 Å². The van der Waals surface area contributed by atoms with Crippen molar-refractivity contribution in [2.45, 2.75) is 38.6 Å². The van der Waals surface area contributed by atoms with Crippen LogP contribution in [0.15, 0.2) is 18.5 Å². The Hall–Kier alpha value is -1.53. The summed E-state index contributed by atoms with van der Waals surface area (Å²) in [5.41, 5.74) is 0.315. The number of piperidine rings is 2. The first-order chi connectivity index (χ1) is 11.7. The van der Waals surface area contributed by atoms with Crippen LogP contribution in [0.2, 0.25) is 0 Å². The topological polar surface area (TPSA) is 58.6 Å². The van der Waals surface area contributed by atoms with Crippen molar-refractivity contribution in [2.75, 3.05) is 39.9 Å². The monoisotopic (exact) mass is 332 g/mol. The summed E-state index contributed by atoms with van der Waals surface area (Å²) in [5, 5.41) is 0. The summed E-state index contributed by atoms with van der Waals surface area (Å²) in [5.74, 6) is 1.21. The molecular weight excluding hydrogens is 304 g/mol. The quantitative estimate of drug-likeness (QED) is 0.743. The Balaban J connectivity index is 1.51. The van der Waals surface area contributed by atoms with Gasteiger partial charge in [-0.1, -0.05) is 0 Å². The summed E-state index contributed by atoms with van der Waals surface area (Å²) in [6.07, 6.45) is 8.60. The highest BCUT2D eigenvalue weighted by atomic mass is 16.5. The first-order valence-corrected chi connectivity index (χ1v) is 8.96. The Morgan fingerprint density at radius 2 is 1.96 bits per heavy atom. The summed E-state index contributed by atoms with van der Waals surface area (Å²) in [6.45, 7) is 5.44. The molecule has 1 spiro atoms. The summed E-state index contributed by atoms with van der Waals surface area (Å²) in [4.78, 5) is 25.3.